The number of nitrogens with one attached hydrogen (secondary N) is 1. The fourth-order valence-corrected chi connectivity index (χ4v) is 3.19. The van der Waals surface area contributed by atoms with Gasteiger partial charge in [-0.2, -0.15) is 5.26 Å². The second-order valence-electron chi connectivity index (χ2n) is 4.67. The highest BCUT2D eigenvalue weighted by Crippen LogP contribution is 2.37. The molecular formula is C13H18N2S. The molecule has 0 saturated heterocycles. The van der Waals surface area contributed by atoms with E-state index in [0.717, 1.165) is 4.88 Å². The lowest BCUT2D eigenvalue weighted by molar-refractivity contribution is 0.161. The largest absolute Gasteiger partial charge is 0.304 e. The van der Waals surface area contributed by atoms with E-state index in [1.807, 2.05) is 6.07 Å². The van der Waals surface area contributed by atoms with Crippen molar-refractivity contribution in [2.75, 3.05) is 0 Å². The van der Waals surface area contributed by atoms with Gasteiger partial charge in [-0.05, 0) is 44.7 Å². The van der Waals surface area contributed by atoms with Crippen LogP contribution in [0.1, 0.15) is 55.3 Å². The topological polar surface area (TPSA) is 35.8 Å². The van der Waals surface area contributed by atoms with Gasteiger partial charge in [0, 0.05) is 16.5 Å². The standard InChI is InChI=1S/C13H18N2S/c1-3-13(7-4-8-13)15-10(2)12-6-5-11(9-14)16-12/h5-6,10,15H,3-4,7-8H2,1-2H3. The molecule has 0 aromatic carbocycles. The van der Waals surface area contributed by atoms with E-state index < -0.39 is 0 Å². The first-order valence-electron chi connectivity index (χ1n) is 5.97. The van der Waals surface area contributed by atoms with Crippen LogP contribution in [0.25, 0.3) is 0 Å². The van der Waals surface area contributed by atoms with Gasteiger partial charge in [-0.1, -0.05) is 6.92 Å². The molecule has 0 amide bonds. The Balaban J connectivity index is 2.02. The van der Waals surface area contributed by atoms with Crippen molar-refractivity contribution < 1.29 is 0 Å². The Bertz CT molecular complexity index is 393. The van der Waals surface area contributed by atoms with Crippen molar-refractivity contribution in [1.82, 2.24) is 5.32 Å². The van der Waals surface area contributed by atoms with Crippen molar-refractivity contribution in [3.63, 3.8) is 0 Å². The van der Waals surface area contributed by atoms with E-state index in [2.05, 4.69) is 31.3 Å². The lowest BCUT2D eigenvalue weighted by Crippen LogP contribution is -2.51. The summed E-state index contributed by atoms with van der Waals surface area (Å²) in [7, 11) is 0. The zero-order valence-electron chi connectivity index (χ0n) is 9.92. The van der Waals surface area contributed by atoms with Crippen LogP contribution in [-0.4, -0.2) is 5.54 Å². The fourth-order valence-electron chi connectivity index (χ4n) is 2.38. The number of nitriles is 1. The van der Waals surface area contributed by atoms with Crippen molar-refractivity contribution in [2.45, 2.75) is 51.1 Å². The molecule has 1 aliphatic rings. The molecule has 1 aromatic rings. The molecule has 1 aliphatic carbocycles. The van der Waals surface area contributed by atoms with E-state index in [1.165, 1.54) is 30.6 Å². The van der Waals surface area contributed by atoms with Gasteiger partial charge in [0.15, 0.2) is 0 Å². The van der Waals surface area contributed by atoms with Crippen molar-refractivity contribution in [2.24, 2.45) is 0 Å². The van der Waals surface area contributed by atoms with Gasteiger partial charge in [-0.3, -0.25) is 0 Å². The van der Waals surface area contributed by atoms with Crippen LogP contribution in [0.2, 0.25) is 0 Å². The molecular weight excluding hydrogens is 216 g/mol. The van der Waals surface area contributed by atoms with Crippen LogP contribution in [0.3, 0.4) is 0 Å². The fraction of sp³-hybridized carbons (Fsp3) is 0.615. The van der Waals surface area contributed by atoms with E-state index in [1.54, 1.807) is 11.3 Å². The van der Waals surface area contributed by atoms with Gasteiger partial charge < -0.3 is 5.32 Å². The van der Waals surface area contributed by atoms with Crippen LogP contribution >= 0.6 is 11.3 Å². The first kappa shape index (κ1) is 11.6. The molecule has 1 atom stereocenters. The third kappa shape index (κ3) is 2.14. The Hall–Kier alpha value is -0.850. The summed E-state index contributed by atoms with van der Waals surface area (Å²) in [5, 5.41) is 12.5. The summed E-state index contributed by atoms with van der Waals surface area (Å²) < 4.78 is 0. The van der Waals surface area contributed by atoms with E-state index in [0.29, 0.717) is 11.6 Å². The van der Waals surface area contributed by atoms with Crippen molar-refractivity contribution in [3.8, 4) is 6.07 Å². The molecule has 2 nitrogen and oxygen atoms in total. The Morgan fingerprint density at radius 2 is 2.31 bits per heavy atom. The molecule has 3 heteroatoms. The lowest BCUT2D eigenvalue weighted by Gasteiger charge is -2.44. The molecule has 1 aromatic heterocycles. The molecule has 0 radical (unpaired) electrons. The second kappa shape index (κ2) is 4.57. The van der Waals surface area contributed by atoms with Crippen molar-refractivity contribution in [1.29, 1.82) is 5.26 Å². The molecule has 0 aliphatic heterocycles. The van der Waals surface area contributed by atoms with Crippen LogP contribution in [0.4, 0.5) is 0 Å². The highest BCUT2D eigenvalue weighted by Gasteiger charge is 2.36. The molecule has 16 heavy (non-hydrogen) atoms. The summed E-state index contributed by atoms with van der Waals surface area (Å²) in [5.74, 6) is 0. The van der Waals surface area contributed by atoms with Crippen LogP contribution in [-0.2, 0) is 0 Å². The van der Waals surface area contributed by atoms with Gasteiger partial charge in [0.1, 0.15) is 10.9 Å². The average molecular weight is 234 g/mol. The predicted octanol–water partition coefficient (Wildman–Crippen LogP) is 3.60. The molecule has 86 valence electrons. The number of rotatable bonds is 4. The summed E-state index contributed by atoms with van der Waals surface area (Å²) in [4.78, 5) is 2.08. The van der Waals surface area contributed by atoms with Crippen molar-refractivity contribution >= 4 is 11.3 Å². The summed E-state index contributed by atoms with van der Waals surface area (Å²) in [5.41, 5.74) is 0.371. The quantitative estimate of drug-likeness (QED) is 0.864. The smallest absolute Gasteiger partial charge is 0.110 e. The molecule has 1 saturated carbocycles. The van der Waals surface area contributed by atoms with E-state index in [-0.39, 0.29) is 0 Å². The van der Waals surface area contributed by atoms with E-state index in [9.17, 15) is 0 Å². The van der Waals surface area contributed by atoms with Crippen LogP contribution < -0.4 is 5.32 Å². The number of nitrogens with zero attached hydrogens (tertiary/aromatic N) is 1. The predicted molar refractivity (Wildman–Crippen MR) is 67.5 cm³/mol. The molecule has 1 heterocycles. The Labute approximate surface area is 101 Å². The Kier molecular flexibility index (Phi) is 3.32. The maximum Gasteiger partial charge on any atom is 0.110 e. The summed E-state index contributed by atoms with van der Waals surface area (Å²) >= 11 is 1.60. The molecule has 1 fully saturated rings. The highest BCUT2D eigenvalue weighted by atomic mass is 32.1. The van der Waals surface area contributed by atoms with Crippen LogP contribution in [0.15, 0.2) is 12.1 Å². The van der Waals surface area contributed by atoms with E-state index >= 15 is 0 Å². The van der Waals surface area contributed by atoms with Crippen LogP contribution in [0, 0.1) is 11.3 Å². The Morgan fingerprint density at radius 1 is 1.56 bits per heavy atom. The molecule has 2 rings (SSSR count). The summed E-state index contributed by atoms with van der Waals surface area (Å²) in [6.07, 6.45) is 5.14. The van der Waals surface area contributed by atoms with Gasteiger partial charge in [0.2, 0.25) is 0 Å². The van der Waals surface area contributed by atoms with Gasteiger partial charge in [0.05, 0.1) is 0 Å². The van der Waals surface area contributed by atoms with Gasteiger partial charge in [-0.25, -0.2) is 0 Å². The maximum atomic E-state index is 8.81. The minimum absolute atomic E-state index is 0.368. The van der Waals surface area contributed by atoms with Gasteiger partial charge >= 0.3 is 0 Å². The molecule has 0 spiro atoms. The monoisotopic (exact) mass is 234 g/mol. The summed E-state index contributed by atoms with van der Waals surface area (Å²) in [6, 6.07) is 6.55. The maximum absolute atomic E-state index is 8.81. The van der Waals surface area contributed by atoms with Crippen molar-refractivity contribution in [3.05, 3.63) is 21.9 Å². The number of hydrogen-bond donors (Lipinski definition) is 1. The first-order valence-corrected chi connectivity index (χ1v) is 6.78. The Morgan fingerprint density at radius 3 is 2.75 bits per heavy atom. The zero-order valence-corrected chi connectivity index (χ0v) is 10.7. The van der Waals surface area contributed by atoms with Gasteiger partial charge in [0.25, 0.3) is 0 Å². The third-order valence-electron chi connectivity index (χ3n) is 3.67. The van der Waals surface area contributed by atoms with E-state index in [4.69, 9.17) is 5.26 Å². The second-order valence-corrected chi connectivity index (χ2v) is 5.78. The minimum atomic E-state index is 0.368. The minimum Gasteiger partial charge on any atom is -0.304 e. The first-order chi connectivity index (χ1) is 7.69. The van der Waals surface area contributed by atoms with Crippen LogP contribution in [0.5, 0.6) is 0 Å². The normalized spacial score (nSPS) is 19.8. The number of thiophene rings is 1. The average Bonchev–Trinajstić information content (AvgIpc) is 2.71. The van der Waals surface area contributed by atoms with Gasteiger partial charge in [-0.15, -0.1) is 11.3 Å². The molecule has 1 unspecified atom stereocenters. The zero-order chi connectivity index (χ0) is 11.6. The SMILES string of the molecule is CCC1(NC(C)c2ccc(C#N)s2)CCC1. The third-order valence-corrected chi connectivity index (χ3v) is 4.85. The number of hydrogen-bond acceptors (Lipinski definition) is 3. The highest BCUT2D eigenvalue weighted by molar-refractivity contribution is 7.12. The lowest BCUT2D eigenvalue weighted by atomic mass is 9.74. The summed E-state index contributed by atoms with van der Waals surface area (Å²) in [6.45, 7) is 4.46. The molecule has 0 bridgehead atoms. The molecule has 1 N–H and O–H groups in total.